The second kappa shape index (κ2) is 4.31. The van der Waals surface area contributed by atoms with E-state index in [9.17, 15) is 0 Å². The molecule has 1 nitrogen and oxygen atoms in total. The topological polar surface area (TPSA) is 9.23 Å². The van der Waals surface area contributed by atoms with Crippen molar-refractivity contribution in [1.82, 2.24) is 0 Å². The highest BCUT2D eigenvalue weighted by molar-refractivity contribution is 7.84. The maximum Gasteiger partial charge on any atom is 0.123 e. The maximum absolute atomic E-state index is 5.65. The second-order valence-corrected chi connectivity index (χ2v) is 4.66. The summed E-state index contributed by atoms with van der Waals surface area (Å²) in [6.07, 6.45) is 2.27. The quantitative estimate of drug-likeness (QED) is 0.710. The Hall–Kier alpha value is -0.890. The predicted molar refractivity (Wildman–Crippen MR) is 67.5 cm³/mol. The third-order valence-electron chi connectivity index (χ3n) is 2.89. The highest BCUT2D eigenvalue weighted by atomic mass is 32.1. The van der Waals surface area contributed by atoms with E-state index in [-0.39, 0.29) is 0 Å². The molecule has 0 amide bonds. The average Bonchev–Trinajstić information content (AvgIpc) is 2.27. The summed E-state index contributed by atoms with van der Waals surface area (Å²) in [6, 6.07) is 6.45. The van der Waals surface area contributed by atoms with Gasteiger partial charge in [-0.05, 0) is 54.4 Å². The molecule has 0 fully saturated rings. The van der Waals surface area contributed by atoms with Crippen molar-refractivity contribution in [3.05, 3.63) is 34.2 Å². The van der Waals surface area contributed by atoms with Gasteiger partial charge < -0.3 is 4.74 Å². The summed E-state index contributed by atoms with van der Waals surface area (Å²) in [5.74, 6) is 1.05. The number of hydrogen-bond donors (Lipinski definition) is 1. The first-order chi connectivity index (χ1) is 7.18. The van der Waals surface area contributed by atoms with Crippen LogP contribution in [0, 0.1) is 0 Å². The molecule has 0 bridgehead atoms. The van der Waals surface area contributed by atoms with Crippen molar-refractivity contribution in [2.45, 2.75) is 26.7 Å². The van der Waals surface area contributed by atoms with E-state index in [0.717, 1.165) is 30.1 Å². The summed E-state index contributed by atoms with van der Waals surface area (Å²) in [5.41, 5.74) is 3.76. The van der Waals surface area contributed by atoms with Crippen LogP contribution in [-0.2, 0) is 6.42 Å². The van der Waals surface area contributed by atoms with E-state index in [0.29, 0.717) is 0 Å². The van der Waals surface area contributed by atoms with E-state index >= 15 is 0 Å². The second-order valence-electron chi connectivity index (χ2n) is 3.98. The van der Waals surface area contributed by atoms with Crippen LogP contribution in [0.4, 0.5) is 0 Å². The van der Waals surface area contributed by atoms with Crippen molar-refractivity contribution < 1.29 is 4.74 Å². The van der Waals surface area contributed by atoms with Crippen LogP contribution in [0.15, 0.2) is 23.1 Å². The molecule has 1 aliphatic heterocycles. The molecule has 0 aliphatic carbocycles. The zero-order valence-electron chi connectivity index (χ0n) is 9.21. The molecule has 0 radical (unpaired) electrons. The fourth-order valence-electron chi connectivity index (χ4n) is 1.78. The van der Waals surface area contributed by atoms with Crippen molar-refractivity contribution in [3.63, 3.8) is 0 Å². The Morgan fingerprint density at radius 1 is 1.33 bits per heavy atom. The van der Waals surface area contributed by atoms with Gasteiger partial charge >= 0.3 is 0 Å². The summed E-state index contributed by atoms with van der Waals surface area (Å²) in [7, 11) is 0. The average molecular weight is 220 g/mol. The first-order valence-electron chi connectivity index (χ1n) is 5.31. The summed E-state index contributed by atoms with van der Waals surface area (Å²) in [4.78, 5) is 1.06. The molecule has 1 aliphatic rings. The minimum Gasteiger partial charge on any atom is -0.493 e. The van der Waals surface area contributed by atoms with Crippen LogP contribution in [0.2, 0.25) is 0 Å². The molecular formula is C13H16OS. The highest BCUT2D eigenvalue weighted by Gasteiger charge is 2.11. The highest BCUT2D eigenvalue weighted by Crippen LogP contribution is 2.29. The van der Waals surface area contributed by atoms with Gasteiger partial charge in [-0.1, -0.05) is 12.1 Å². The number of aryl methyl sites for hydroxylation is 1. The van der Waals surface area contributed by atoms with Gasteiger partial charge in [0.1, 0.15) is 5.75 Å². The molecule has 2 rings (SSSR count). The van der Waals surface area contributed by atoms with Gasteiger partial charge in [0.2, 0.25) is 0 Å². The Morgan fingerprint density at radius 2 is 2.13 bits per heavy atom. The van der Waals surface area contributed by atoms with Crippen LogP contribution in [0.1, 0.15) is 31.4 Å². The third-order valence-corrected chi connectivity index (χ3v) is 3.23. The summed E-state index contributed by atoms with van der Waals surface area (Å²) >= 11 is 4.37. The SMILES string of the molecule is C/C(S)=C(/C)c1ccc2c(c1)OCCC2. The number of benzene rings is 1. The molecule has 0 atom stereocenters. The molecule has 80 valence electrons. The van der Waals surface area contributed by atoms with Crippen molar-refractivity contribution in [2.75, 3.05) is 6.61 Å². The minimum absolute atomic E-state index is 0.846. The van der Waals surface area contributed by atoms with Gasteiger partial charge in [0.15, 0.2) is 0 Å². The molecule has 2 heteroatoms. The lowest BCUT2D eigenvalue weighted by Crippen LogP contribution is -2.08. The van der Waals surface area contributed by atoms with E-state index in [1.165, 1.54) is 16.7 Å². The fourth-order valence-corrected chi connectivity index (χ4v) is 1.91. The molecular weight excluding hydrogens is 204 g/mol. The van der Waals surface area contributed by atoms with Gasteiger partial charge in [0.25, 0.3) is 0 Å². The monoisotopic (exact) mass is 220 g/mol. The summed E-state index contributed by atoms with van der Waals surface area (Å²) in [6.45, 7) is 4.95. The Bertz CT molecular complexity index is 403. The molecule has 0 aromatic heterocycles. The number of fused-ring (bicyclic) bond motifs is 1. The zero-order chi connectivity index (χ0) is 10.8. The van der Waals surface area contributed by atoms with E-state index in [1.807, 2.05) is 6.92 Å². The molecule has 1 heterocycles. The van der Waals surface area contributed by atoms with Crippen molar-refractivity contribution in [2.24, 2.45) is 0 Å². The molecule has 0 N–H and O–H groups in total. The number of hydrogen-bond acceptors (Lipinski definition) is 2. The van der Waals surface area contributed by atoms with Crippen LogP contribution in [-0.4, -0.2) is 6.61 Å². The summed E-state index contributed by atoms with van der Waals surface area (Å²) < 4.78 is 5.65. The van der Waals surface area contributed by atoms with Crippen LogP contribution < -0.4 is 4.74 Å². The van der Waals surface area contributed by atoms with E-state index in [2.05, 4.69) is 37.8 Å². The van der Waals surface area contributed by atoms with Gasteiger partial charge in [-0.25, -0.2) is 0 Å². The molecule has 1 aromatic carbocycles. The molecule has 1 aromatic rings. The Labute approximate surface area is 96.6 Å². The van der Waals surface area contributed by atoms with Crippen LogP contribution in [0.3, 0.4) is 0 Å². The standard InChI is InChI=1S/C13H16OS/c1-9(10(2)15)12-6-5-11-4-3-7-14-13(11)8-12/h5-6,8,15H,3-4,7H2,1-2H3/b10-9+. The van der Waals surface area contributed by atoms with Crippen molar-refractivity contribution in [3.8, 4) is 5.75 Å². The van der Waals surface area contributed by atoms with Gasteiger partial charge in [0.05, 0.1) is 6.61 Å². The van der Waals surface area contributed by atoms with E-state index < -0.39 is 0 Å². The Kier molecular flexibility index (Phi) is 3.06. The lowest BCUT2D eigenvalue weighted by Gasteiger charge is -2.18. The molecule has 15 heavy (non-hydrogen) atoms. The number of rotatable bonds is 1. The zero-order valence-corrected chi connectivity index (χ0v) is 10.1. The lowest BCUT2D eigenvalue weighted by molar-refractivity contribution is 0.288. The lowest BCUT2D eigenvalue weighted by atomic mass is 10.0. The van der Waals surface area contributed by atoms with E-state index in [4.69, 9.17) is 4.74 Å². The largest absolute Gasteiger partial charge is 0.493 e. The predicted octanol–water partition coefficient (Wildman–Crippen LogP) is 3.69. The third kappa shape index (κ3) is 2.20. The van der Waals surface area contributed by atoms with Crippen LogP contribution in [0.5, 0.6) is 5.75 Å². The maximum atomic E-state index is 5.65. The first-order valence-corrected chi connectivity index (χ1v) is 5.76. The van der Waals surface area contributed by atoms with Crippen LogP contribution >= 0.6 is 12.6 Å². The smallest absolute Gasteiger partial charge is 0.123 e. The van der Waals surface area contributed by atoms with Gasteiger partial charge in [0, 0.05) is 0 Å². The van der Waals surface area contributed by atoms with Crippen molar-refractivity contribution in [1.29, 1.82) is 0 Å². The molecule has 0 saturated carbocycles. The minimum atomic E-state index is 0.846. The van der Waals surface area contributed by atoms with Crippen molar-refractivity contribution >= 4 is 18.2 Å². The van der Waals surface area contributed by atoms with Crippen LogP contribution in [0.25, 0.3) is 5.57 Å². The number of allylic oxidation sites excluding steroid dienone is 2. The molecule has 0 saturated heterocycles. The number of ether oxygens (including phenoxy) is 1. The van der Waals surface area contributed by atoms with E-state index in [1.54, 1.807) is 0 Å². The van der Waals surface area contributed by atoms with Gasteiger partial charge in [-0.3, -0.25) is 0 Å². The summed E-state index contributed by atoms with van der Waals surface area (Å²) in [5, 5.41) is 0. The molecule has 0 unspecified atom stereocenters. The Morgan fingerprint density at radius 3 is 2.87 bits per heavy atom. The number of thiol groups is 1. The first kappa shape index (κ1) is 10.6. The fraction of sp³-hybridized carbons (Fsp3) is 0.385. The van der Waals surface area contributed by atoms with Gasteiger partial charge in [-0.2, -0.15) is 0 Å². The van der Waals surface area contributed by atoms with Gasteiger partial charge in [-0.15, -0.1) is 12.6 Å². The normalized spacial score (nSPS) is 16.5. The molecule has 0 spiro atoms. The Balaban J connectivity index is 2.40.